The number of nitrogens with one attached hydrogen (secondary N) is 1. The molecule has 0 atom stereocenters. The van der Waals surface area contributed by atoms with Crippen molar-refractivity contribution in [3.05, 3.63) is 0 Å². The zero-order chi connectivity index (χ0) is 17.6. The molecule has 0 amide bonds. The van der Waals surface area contributed by atoms with Crippen molar-refractivity contribution in [3.63, 3.8) is 0 Å². The molecule has 0 aromatic carbocycles. The zero-order valence-corrected chi connectivity index (χ0v) is 14.8. The average molecular weight is 352 g/mol. The molecule has 0 heterocycles. The van der Waals surface area contributed by atoms with E-state index in [1.54, 1.807) is 0 Å². The summed E-state index contributed by atoms with van der Waals surface area (Å²) in [6.45, 7) is 2.77. The molecule has 135 valence electrons. The minimum Gasteiger partial charge on any atom is -0.438 e. The van der Waals surface area contributed by atoms with Crippen LogP contribution in [-0.2, 0) is 32.7 Å². The topological polar surface area (TPSA) is 112 Å². The second kappa shape index (κ2) is 13.5. The predicted octanol–water partition coefficient (Wildman–Crippen LogP) is 3.57. The molecule has 0 aliphatic rings. The van der Waals surface area contributed by atoms with Gasteiger partial charge in [-0.3, -0.25) is 18.6 Å². The number of unbranched alkanes of at least 4 members (excludes halogenated alkanes) is 4. The second-order valence-electron chi connectivity index (χ2n) is 4.94. The van der Waals surface area contributed by atoms with Crippen LogP contribution in [0.15, 0.2) is 0 Å². The molecule has 0 rings (SSSR count). The number of rotatable bonds is 14. The van der Waals surface area contributed by atoms with Crippen molar-refractivity contribution in [1.82, 2.24) is 5.50 Å². The Hall–Kier alpha value is -0.950. The van der Waals surface area contributed by atoms with Crippen LogP contribution in [0.4, 0.5) is 0 Å². The van der Waals surface area contributed by atoms with Gasteiger partial charge in [0.1, 0.15) is 0 Å². The quantitative estimate of drug-likeness (QED) is 0.203. The van der Waals surface area contributed by atoms with E-state index in [4.69, 9.17) is 5.50 Å². The van der Waals surface area contributed by atoms with E-state index in [-0.39, 0.29) is 12.8 Å². The largest absolute Gasteiger partial charge is 0.438 e. The van der Waals surface area contributed by atoms with Crippen LogP contribution >= 0.6 is 7.75 Å². The Labute approximate surface area is 137 Å². The number of esters is 2. The molecule has 0 saturated carbocycles. The standard InChI is InChI=1S/C14H27NO7P/c1-3-5-7-9-13(16)19-11-21-23(15,18)22-12-20-14(17)10-8-6-4-2/h15H,3-12H2,1-2H3. The Morgan fingerprint density at radius 1 is 0.826 bits per heavy atom. The maximum atomic E-state index is 11.5. The summed E-state index contributed by atoms with van der Waals surface area (Å²) in [4.78, 5) is 22.5. The van der Waals surface area contributed by atoms with Gasteiger partial charge in [-0.2, -0.15) is 0 Å². The molecule has 9 heteroatoms. The van der Waals surface area contributed by atoms with Crippen LogP contribution in [0.2, 0.25) is 0 Å². The van der Waals surface area contributed by atoms with Crippen LogP contribution in [0.25, 0.3) is 0 Å². The SMILES string of the molecule is CCCCCC(=O)OCOP([NH])(=O)OCOC(=O)CCCCC. The Morgan fingerprint density at radius 3 is 1.57 bits per heavy atom. The van der Waals surface area contributed by atoms with E-state index in [0.717, 1.165) is 25.7 Å². The molecular formula is C14H27NO7P. The van der Waals surface area contributed by atoms with E-state index in [2.05, 4.69) is 18.5 Å². The summed E-state index contributed by atoms with van der Waals surface area (Å²) in [6.07, 6.45) is 5.70. The Bertz CT molecular complexity index is 357. The highest BCUT2D eigenvalue weighted by Crippen LogP contribution is 2.41. The third-order valence-corrected chi connectivity index (χ3v) is 3.74. The Kier molecular flexibility index (Phi) is 12.9. The van der Waals surface area contributed by atoms with Crippen LogP contribution in [0, 0.1) is 0 Å². The van der Waals surface area contributed by atoms with Crippen molar-refractivity contribution in [2.24, 2.45) is 0 Å². The number of carbonyl (C=O) groups excluding carboxylic acids is 2. The summed E-state index contributed by atoms with van der Waals surface area (Å²) in [5, 5.41) is 0. The molecule has 23 heavy (non-hydrogen) atoms. The summed E-state index contributed by atoms with van der Waals surface area (Å²) in [7, 11) is -4.17. The minimum absolute atomic E-state index is 0.246. The number of carbonyl (C=O) groups is 2. The summed E-state index contributed by atoms with van der Waals surface area (Å²) < 4.78 is 30.0. The molecule has 8 nitrogen and oxygen atoms in total. The minimum atomic E-state index is -4.17. The fraction of sp³-hybridized carbons (Fsp3) is 0.857. The van der Waals surface area contributed by atoms with Crippen LogP contribution < -0.4 is 5.50 Å². The van der Waals surface area contributed by atoms with E-state index in [9.17, 15) is 14.2 Å². The van der Waals surface area contributed by atoms with Crippen molar-refractivity contribution >= 4 is 19.7 Å². The number of hydrogen-bond acceptors (Lipinski definition) is 7. The van der Waals surface area contributed by atoms with Gasteiger partial charge < -0.3 is 9.47 Å². The van der Waals surface area contributed by atoms with E-state index in [1.165, 1.54) is 0 Å². The lowest BCUT2D eigenvalue weighted by Crippen LogP contribution is -2.11. The molecule has 0 fully saturated rings. The first kappa shape index (κ1) is 22.1. The maximum absolute atomic E-state index is 11.5. The average Bonchev–Trinajstić information content (AvgIpc) is 2.47. The highest BCUT2D eigenvalue weighted by Gasteiger charge is 2.21. The van der Waals surface area contributed by atoms with Crippen molar-refractivity contribution in [2.45, 2.75) is 65.2 Å². The van der Waals surface area contributed by atoms with E-state index < -0.39 is 33.3 Å². The molecule has 0 spiro atoms. The Morgan fingerprint density at radius 2 is 1.22 bits per heavy atom. The van der Waals surface area contributed by atoms with Gasteiger partial charge in [0.05, 0.1) is 0 Å². The molecule has 0 aliphatic carbocycles. The second-order valence-corrected chi connectivity index (χ2v) is 6.45. The summed E-state index contributed by atoms with van der Waals surface area (Å²) in [5.74, 6) is -0.971. The molecule has 0 unspecified atom stereocenters. The summed E-state index contributed by atoms with van der Waals surface area (Å²) >= 11 is 0. The molecule has 1 N–H and O–H groups in total. The number of hydrogen-bond donors (Lipinski definition) is 0. The van der Waals surface area contributed by atoms with Gasteiger partial charge >= 0.3 is 19.7 Å². The van der Waals surface area contributed by atoms with Gasteiger partial charge in [0, 0.05) is 12.8 Å². The van der Waals surface area contributed by atoms with E-state index >= 15 is 0 Å². The van der Waals surface area contributed by atoms with Crippen LogP contribution in [0.1, 0.15) is 65.2 Å². The lowest BCUT2D eigenvalue weighted by Gasteiger charge is -2.12. The first-order valence-electron chi connectivity index (χ1n) is 7.86. The van der Waals surface area contributed by atoms with Gasteiger partial charge in [0.2, 0.25) is 13.6 Å². The van der Waals surface area contributed by atoms with Gasteiger partial charge in [-0.25, -0.2) is 4.57 Å². The lowest BCUT2D eigenvalue weighted by molar-refractivity contribution is -0.152. The first-order valence-corrected chi connectivity index (χ1v) is 9.41. The van der Waals surface area contributed by atoms with Crippen molar-refractivity contribution in [2.75, 3.05) is 13.6 Å². The van der Waals surface area contributed by atoms with E-state index in [1.807, 2.05) is 13.8 Å². The first-order chi connectivity index (χ1) is 10.9. The Balaban J connectivity index is 3.73. The van der Waals surface area contributed by atoms with Gasteiger partial charge in [0.15, 0.2) is 0 Å². The summed E-state index contributed by atoms with van der Waals surface area (Å²) in [5.41, 5.74) is 7.28. The van der Waals surface area contributed by atoms with Gasteiger partial charge in [0.25, 0.3) is 0 Å². The zero-order valence-electron chi connectivity index (χ0n) is 13.9. The monoisotopic (exact) mass is 352 g/mol. The van der Waals surface area contributed by atoms with Crippen LogP contribution in [0.5, 0.6) is 0 Å². The molecule has 0 aromatic rings. The highest BCUT2D eigenvalue weighted by molar-refractivity contribution is 7.50. The lowest BCUT2D eigenvalue weighted by atomic mass is 10.2. The van der Waals surface area contributed by atoms with E-state index in [0.29, 0.717) is 12.8 Å². The molecular weight excluding hydrogens is 325 g/mol. The molecule has 0 aliphatic heterocycles. The van der Waals surface area contributed by atoms with Crippen LogP contribution in [-0.4, -0.2) is 25.5 Å². The normalized spacial score (nSPS) is 11.3. The van der Waals surface area contributed by atoms with Gasteiger partial charge in [-0.15, -0.1) is 5.50 Å². The smallest absolute Gasteiger partial charge is 0.425 e. The van der Waals surface area contributed by atoms with Crippen molar-refractivity contribution in [3.8, 4) is 0 Å². The third kappa shape index (κ3) is 14.4. The predicted molar refractivity (Wildman–Crippen MR) is 83.1 cm³/mol. The fourth-order valence-corrected chi connectivity index (χ4v) is 2.00. The number of ether oxygens (including phenoxy) is 2. The van der Waals surface area contributed by atoms with Crippen molar-refractivity contribution < 1.29 is 32.7 Å². The van der Waals surface area contributed by atoms with Gasteiger partial charge in [-0.05, 0) is 12.8 Å². The van der Waals surface area contributed by atoms with Crippen LogP contribution in [0.3, 0.4) is 0 Å². The maximum Gasteiger partial charge on any atom is 0.425 e. The van der Waals surface area contributed by atoms with Crippen molar-refractivity contribution in [1.29, 1.82) is 0 Å². The van der Waals surface area contributed by atoms with Gasteiger partial charge in [-0.1, -0.05) is 39.5 Å². The molecule has 0 aromatic heterocycles. The third-order valence-electron chi connectivity index (χ3n) is 2.85. The molecule has 0 saturated heterocycles. The molecule has 1 radical (unpaired) electrons. The fourth-order valence-electron chi connectivity index (χ4n) is 1.54. The highest BCUT2D eigenvalue weighted by atomic mass is 31.2. The summed E-state index contributed by atoms with van der Waals surface area (Å²) in [6, 6.07) is 0. The molecule has 0 bridgehead atoms.